The normalized spacial score (nSPS) is 21.5. The lowest BCUT2D eigenvalue weighted by atomic mass is 9.75. The Balaban J connectivity index is 1.94. The molecule has 0 saturated carbocycles. The molecule has 3 rings (SSSR count). The Hall–Kier alpha value is -2.14. The molecule has 3 N–H and O–H groups in total. The Morgan fingerprint density at radius 3 is 2.33 bits per heavy atom. The van der Waals surface area contributed by atoms with E-state index in [1.165, 1.54) is 0 Å². The van der Waals surface area contributed by atoms with Gasteiger partial charge in [-0.1, -0.05) is 26.0 Å². The second kappa shape index (κ2) is 7.12. The van der Waals surface area contributed by atoms with Crippen LogP contribution in [-0.4, -0.2) is 34.9 Å². The van der Waals surface area contributed by atoms with Crippen LogP contribution in [0.15, 0.2) is 24.3 Å². The number of amides is 2. The Labute approximate surface area is 161 Å². The molecule has 1 fully saturated rings. The van der Waals surface area contributed by atoms with Crippen LogP contribution in [0.2, 0.25) is 0 Å². The summed E-state index contributed by atoms with van der Waals surface area (Å²) in [6.45, 7) is 7.13. The van der Waals surface area contributed by atoms with Gasteiger partial charge in [-0.25, -0.2) is 0 Å². The third-order valence-electron chi connectivity index (χ3n) is 6.18. The van der Waals surface area contributed by atoms with Crippen LogP contribution in [0.3, 0.4) is 0 Å². The van der Waals surface area contributed by atoms with Crippen molar-refractivity contribution in [2.24, 2.45) is 11.1 Å². The van der Waals surface area contributed by atoms with E-state index < -0.39 is 11.5 Å². The molecule has 1 aromatic rings. The molecular weight excluding hydrogens is 340 g/mol. The van der Waals surface area contributed by atoms with E-state index in [1.807, 2.05) is 6.07 Å². The molecule has 2 aliphatic rings. The minimum Gasteiger partial charge on any atom is -0.385 e. The average Bonchev–Trinajstić information content (AvgIpc) is 2.61. The van der Waals surface area contributed by atoms with Gasteiger partial charge in [-0.3, -0.25) is 9.59 Å². The molecule has 0 aromatic heterocycles. The van der Waals surface area contributed by atoms with Crippen molar-refractivity contribution in [1.29, 1.82) is 0 Å². The van der Waals surface area contributed by atoms with E-state index in [2.05, 4.69) is 19.9 Å². The fraction of sp³-hybridized carbons (Fsp3) is 0.545. The summed E-state index contributed by atoms with van der Waals surface area (Å²) < 4.78 is 0. The fourth-order valence-corrected chi connectivity index (χ4v) is 4.12. The van der Waals surface area contributed by atoms with Crippen LogP contribution in [-0.2, 0) is 10.4 Å². The van der Waals surface area contributed by atoms with Gasteiger partial charge in [-0.15, -0.1) is 0 Å². The molecular formula is C22H30N2O3. The van der Waals surface area contributed by atoms with Gasteiger partial charge in [0.05, 0.1) is 5.60 Å². The van der Waals surface area contributed by atoms with Gasteiger partial charge in [0.2, 0.25) is 11.8 Å². The third-order valence-corrected chi connectivity index (χ3v) is 6.18. The fourth-order valence-electron chi connectivity index (χ4n) is 4.12. The first kappa shape index (κ1) is 19.6. The summed E-state index contributed by atoms with van der Waals surface area (Å²) in [7, 11) is 0. The maximum absolute atomic E-state index is 12.0. The zero-order chi connectivity index (χ0) is 19.8. The third kappa shape index (κ3) is 4.08. The van der Waals surface area contributed by atoms with E-state index in [0.717, 1.165) is 36.0 Å². The number of benzene rings is 1. The number of piperidine rings is 1. The standard InChI is InChI=1S/C22H30N2O3/c1-15(25)24-12-10-22(27,11-13-24)17-4-5-18(20(23)26)19(14-17)16-6-8-21(2,3)9-7-16/h4-6,14,27H,7-13H2,1-3H3,(H2,23,26). The number of rotatable bonds is 3. The number of hydrogen-bond donors (Lipinski definition) is 2. The highest BCUT2D eigenvalue weighted by atomic mass is 16.3. The van der Waals surface area contributed by atoms with Crippen molar-refractivity contribution in [2.45, 2.75) is 58.5 Å². The van der Waals surface area contributed by atoms with Crippen LogP contribution in [0.25, 0.3) is 5.57 Å². The predicted octanol–water partition coefficient (Wildman–Crippen LogP) is 3.21. The highest BCUT2D eigenvalue weighted by Crippen LogP contribution is 2.41. The molecule has 0 unspecified atom stereocenters. The van der Waals surface area contributed by atoms with Crippen LogP contribution in [0, 0.1) is 5.41 Å². The van der Waals surface area contributed by atoms with Crippen molar-refractivity contribution in [1.82, 2.24) is 4.90 Å². The van der Waals surface area contributed by atoms with E-state index in [1.54, 1.807) is 24.0 Å². The van der Waals surface area contributed by atoms with E-state index in [9.17, 15) is 14.7 Å². The number of nitrogens with two attached hydrogens (primary N) is 1. The maximum atomic E-state index is 12.0. The van der Waals surface area contributed by atoms with Crippen molar-refractivity contribution in [3.8, 4) is 0 Å². The largest absolute Gasteiger partial charge is 0.385 e. The van der Waals surface area contributed by atoms with Crippen molar-refractivity contribution in [3.63, 3.8) is 0 Å². The number of aliphatic hydroxyl groups is 1. The van der Waals surface area contributed by atoms with Gasteiger partial charge in [-0.05, 0) is 66.4 Å². The minimum absolute atomic E-state index is 0.0387. The smallest absolute Gasteiger partial charge is 0.249 e. The first-order valence-corrected chi connectivity index (χ1v) is 9.73. The molecule has 0 bridgehead atoms. The van der Waals surface area contributed by atoms with E-state index in [0.29, 0.717) is 31.5 Å². The number of hydrogen-bond acceptors (Lipinski definition) is 3. The van der Waals surface area contributed by atoms with Gasteiger partial charge in [-0.2, -0.15) is 0 Å². The van der Waals surface area contributed by atoms with Crippen LogP contribution < -0.4 is 5.73 Å². The van der Waals surface area contributed by atoms with Crippen LogP contribution in [0.1, 0.15) is 74.4 Å². The zero-order valence-electron chi connectivity index (χ0n) is 16.5. The van der Waals surface area contributed by atoms with E-state index >= 15 is 0 Å². The highest BCUT2D eigenvalue weighted by Gasteiger charge is 2.35. The van der Waals surface area contributed by atoms with Crippen molar-refractivity contribution in [2.75, 3.05) is 13.1 Å². The quantitative estimate of drug-likeness (QED) is 0.857. The van der Waals surface area contributed by atoms with Gasteiger partial charge >= 0.3 is 0 Å². The molecule has 27 heavy (non-hydrogen) atoms. The lowest BCUT2D eigenvalue weighted by Gasteiger charge is -2.38. The van der Waals surface area contributed by atoms with E-state index in [-0.39, 0.29) is 11.3 Å². The Morgan fingerprint density at radius 1 is 1.15 bits per heavy atom. The summed E-state index contributed by atoms with van der Waals surface area (Å²) in [5.74, 6) is -0.405. The summed E-state index contributed by atoms with van der Waals surface area (Å²) in [4.78, 5) is 25.3. The molecule has 5 nitrogen and oxygen atoms in total. The van der Waals surface area contributed by atoms with Crippen LogP contribution >= 0.6 is 0 Å². The Kier molecular flexibility index (Phi) is 5.17. The summed E-state index contributed by atoms with van der Waals surface area (Å²) in [6, 6.07) is 5.48. The molecule has 1 aromatic carbocycles. The molecule has 0 spiro atoms. The van der Waals surface area contributed by atoms with Crippen LogP contribution in [0.5, 0.6) is 0 Å². The van der Waals surface area contributed by atoms with Gasteiger partial charge < -0.3 is 15.7 Å². The molecule has 1 heterocycles. The van der Waals surface area contributed by atoms with E-state index in [4.69, 9.17) is 5.73 Å². The molecule has 0 atom stereocenters. The molecule has 146 valence electrons. The summed E-state index contributed by atoms with van der Waals surface area (Å²) in [5, 5.41) is 11.2. The number of primary amides is 1. The SMILES string of the molecule is CC(=O)N1CCC(O)(c2ccc(C(N)=O)c(C3=CCC(C)(C)CC3)c2)CC1. The Morgan fingerprint density at radius 2 is 1.81 bits per heavy atom. The highest BCUT2D eigenvalue weighted by molar-refractivity contribution is 5.98. The Bertz CT molecular complexity index is 787. The molecule has 1 aliphatic carbocycles. The lowest BCUT2D eigenvalue weighted by Crippen LogP contribution is -2.44. The number of nitrogens with zero attached hydrogens (tertiary/aromatic N) is 1. The predicted molar refractivity (Wildman–Crippen MR) is 106 cm³/mol. The van der Waals surface area contributed by atoms with Gasteiger partial charge in [0.25, 0.3) is 0 Å². The number of likely N-dealkylation sites (tertiary alicyclic amines) is 1. The molecule has 2 amide bonds. The monoisotopic (exact) mass is 370 g/mol. The average molecular weight is 370 g/mol. The molecule has 1 aliphatic heterocycles. The lowest BCUT2D eigenvalue weighted by molar-refractivity contribution is -0.133. The number of allylic oxidation sites excluding steroid dienone is 2. The summed E-state index contributed by atoms with van der Waals surface area (Å²) in [5.41, 5.74) is 8.19. The maximum Gasteiger partial charge on any atom is 0.249 e. The first-order valence-electron chi connectivity index (χ1n) is 9.73. The van der Waals surface area contributed by atoms with Gasteiger partial charge in [0, 0.05) is 25.6 Å². The van der Waals surface area contributed by atoms with Crippen molar-refractivity contribution < 1.29 is 14.7 Å². The second-order valence-electron chi connectivity index (χ2n) is 8.76. The first-order chi connectivity index (χ1) is 12.6. The topological polar surface area (TPSA) is 83.6 Å². The summed E-state index contributed by atoms with van der Waals surface area (Å²) in [6.07, 6.45) is 6.11. The van der Waals surface area contributed by atoms with Crippen LogP contribution in [0.4, 0.5) is 0 Å². The second-order valence-corrected chi connectivity index (χ2v) is 8.76. The molecule has 0 radical (unpaired) electrons. The zero-order valence-corrected chi connectivity index (χ0v) is 16.5. The molecule has 1 saturated heterocycles. The number of carbonyl (C=O) groups excluding carboxylic acids is 2. The number of carbonyl (C=O) groups is 2. The van der Waals surface area contributed by atoms with Crippen molar-refractivity contribution >= 4 is 17.4 Å². The summed E-state index contributed by atoms with van der Waals surface area (Å²) >= 11 is 0. The van der Waals surface area contributed by atoms with Crippen molar-refractivity contribution in [3.05, 3.63) is 41.0 Å². The van der Waals surface area contributed by atoms with Gasteiger partial charge in [0.1, 0.15) is 0 Å². The van der Waals surface area contributed by atoms with Gasteiger partial charge in [0.15, 0.2) is 0 Å². The minimum atomic E-state index is -0.981. The molecule has 5 heteroatoms.